The van der Waals surface area contributed by atoms with Crippen molar-refractivity contribution >= 4 is 12.0 Å². The smallest absolute Gasteiger partial charge is 0.320 e. The van der Waals surface area contributed by atoms with Gasteiger partial charge in [0, 0.05) is 32.7 Å². The van der Waals surface area contributed by atoms with E-state index < -0.39 is 5.97 Å². The van der Waals surface area contributed by atoms with Crippen molar-refractivity contribution in [1.29, 1.82) is 0 Å². The molecule has 6 heteroatoms. The number of aliphatic carboxylic acids is 1. The fourth-order valence-corrected chi connectivity index (χ4v) is 1.63. The van der Waals surface area contributed by atoms with Crippen LogP contribution in [0.25, 0.3) is 0 Å². The third-order valence-corrected chi connectivity index (χ3v) is 2.82. The van der Waals surface area contributed by atoms with Crippen molar-refractivity contribution < 1.29 is 14.7 Å². The maximum Gasteiger partial charge on any atom is 0.320 e. The van der Waals surface area contributed by atoms with Crippen molar-refractivity contribution in [1.82, 2.24) is 15.1 Å². The van der Waals surface area contributed by atoms with Crippen molar-refractivity contribution in [2.45, 2.75) is 25.3 Å². The number of nitrogens with zero attached hydrogens (tertiary/aromatic N) is 2. The zero-order valence-electron chi connectivity index (χ0n) is 10.5. The first-order valence-corrected chi connectivity index (χ1v) is 5.94. The number of hydrogen-bond acceptors (Lipinski definition) is 3. The minimum Gasteiger partial charge on any atom is -0.481 e. The highest BCUT2D eigenvalue weighted by molar-refractivity contribution is 5.76. The molecule has 0 aromatic rings. The van der Waals surface area contributed by atoms with Crippen LogP contribution in [0.15, 0.2) is 0 Å². The molecule has 0 aromatic heterocycles. The molecule has 2 amide bonds. The Labute approximate surface area is 102 Å². The molecule has 1 rings (SSSR count). The van der Waals surface area contributed by atoms with Gasteiger partial charge in [0.2, 0.25) is 0 Å². The second-order valence-corrected chi connectivity index (χ2v) is 4.38. The molecule has 0 saturated heterocycles. The molecular weight excluding hydrogens is 222 g/mol. The lowest BCUT2D eigenvalue weighted by Crippen LogP contribution is -2.45. The van der Waals surface area contributed by atoms with Crippen molar-refractivity contribution in [3.05, 3.63) is 0 Å². The summed E-state index contributed by atoms with van der Waals surface area (Å²) in [6.45, 7) is 1.67. The van der Waals surface area contributed by atoms with E-state index in [1.165, 1.54) is 0 Å². The van der Waals surface area contributed by atoms with Crippen molar-refractivity contribution in [2.75, 3.05) is 33.7 Å². The van der Waals surface area contributed by atoms with Crippen LogP contribution in [-0.4, -0.2) is 66.7 Å². The van der Waals surface area contributed by atoms with E-state index in [9.17, 15) is 9.59 Å². The monoisotopic (exact) mass is 243 g/mol. The van der Waals surface area contributed by atoms with Crippen LogP contribution in [-0.2, 0) is 4.79 Å². The molecule has 2 N–H and O–H groups in total. The fraction of sp³-hybridized carbons (Fsp3) is 0.818. The summed E-state index contributed by atoms with van der Waals surface area (Å²) >= 11 is 0. The van der Waals surface area contributed by atoms with Crippen LogP contribution >= 0.6 is 0 Å². The molecule has 0 atom stereocenters. The van der Waals surface area contributed by atoms with Gasteiger partial charge < -0.3 is 20.2 Å². The van der Waals surface area contributed by atoms with Crippen LogP contribution in [0.2, 0.25) is 0 Å². The van der Waals surface area contributed by atoms with Crippen molar-refractivity contribution in [3.63, 3.8) is 0 Å². The highest BCUT2D eigenvalue weighted by atomic mass is 16.4. The number of urea groups is 1. The number of hydrogen-bond donors (Lipinski definition) is 2. The predicted octanol–water partition coefficient (Wildman–Crippen LogP) is 0.197. The first-order valence-electron chi connectivity index (χ1n) is 5.94. The molecule has 1 aliphatic rings. The normalized spacial score (nSPS) is 14.5. The molecule has 98 valence electrons. The van der Waals surface area contributed by atoms with Crippen LogP contribution in [0.4, 0.5) is 4.79 Å². The van der Waals surface area contributed by atoms with Gasteiger partial charge in [-0.05, 0) is 19.9 Å². The number of likely N-dealkylation sites (N-methyl/N-ethyl adjacent to an activating group) is 2. The van der Waals surface area contributed by atoms with E-state index in [1.807, 2.05) is 7.05 Å². The molecule has 0 bridgehead atoms. The van der Waals surface area contributed by atoms with Crippen molar-refractivity contribution in [3.8, 4) is 0 Å². The van der Waals surface area contributed by atoms with Crippen LogP contribution in [0.3, 0.4) is 0 Å². The lowest BCUT2D eigenvalue weighted by atomic mass is 10.3. The predicted molar refractivity (Wildman–Crippen MR) is 63.9 cm³/mol. The molecule has 0 spiro atoms. The molecule has 0 aromatic carbocycles. The number of rotatable bonds is 7. The molecule has 1 fully saturated rings. The molecule has 0 unspecified atom stereocenters. The fourth-order valence-electron chi connectivity index (χ4n) is 1.63. The number of amides is 2. The summed E-state index contributed by atoms with van der Waals surface area (Å²) in [5.41, 5.74) is 0. The molecule has 0 heterocycles. The maximum atomic E-state index is 12.1. The van der Waals surface area contributed by atoms with E-state index in [2.05, 4.69) is 5.32 Å². The molecule has 17 heavy (non-hydrogen) atoms. The first kappa shape index (κ1) is 13.8. The summed E-state index contributed by atoms with van der Waals surface area (Å²) in [7, 11) is 3.58. The van der Waals surface area contributed by atoms with E-state index in [4.69, 9.17) is 5.11 Å². The summed E-state index contributed by atoms with van der Waals surface area (Å²) in [6.07, 6.45) is 2.00. The Bertz CT molecular complexity index is 279. The van der Waals surface area contributed by atoms with Gasteiger partial charge in [-0.1, -0.05) is 0 Å². The number of carboxylic acids is 1. The lowest BCUT2D eigenvalue weighted by molar-refractivity contribution is -0.137. The van der Waals surface area contributed by atoms with Crippen LogP contribution < -0.4 is 5.32 Å². The van der Waals surface area contributed by atoms with E-state index in [0.717, 1.165) is 19.4 Å². The molecule has 0 radical (unpaired) electrons. The lowest BCUT2D eigenvalue weighted by Gasteiger charge is -2.27. The van der Waals surface area contributed by atoms with Gasteiger partial charge in [0.05, 0.1) is 6.42 Å². The average Bonchev–Trinajstić information content (AvgIpc) is 3.09. The number of nitrogens with one attached hydrogen (secondary N) is 1. The zero-order chi connectivity index (χ0) is 12.8. The maximum absolute atomic E-state index is 12.1. The second kappa shape index (κ2) is 6.44. The Kier molecular flexibility index (Phi) is 5.21. The Morgan fingerprint density at radius 3 is 2.47 bits per heavy atom. The summed E-state index contributed by atoms with van der Waals surface area (Å²) < 4.78 is 0. The Morgan fingerprint density at radius 1 is 1.35 bits per heavy atom. The van der Waals surface area contributed by atoms with Crippen LogP contribution in [0.5, 0.6) is 0 Å². The van der Waals surface area contributed by atoms with E-state index >= 15 is 0 Å². The standard InChI is InChI=1S/C11H21N3O3/c1-12-6-8-13(2)11(17)14(9-3-4-9)7-5-10(15)16/h9,12H,3-8H2,1-2H3,(H,15,16). The van der Waals surface area contributed by atoms with Gasteiger partial charge in [-0.25, -0.2) is 4.79 Å². The van der Waals surface area contributed by atoms with Gasteiger partial charge >= 0.3 is 12.0 Å². The SMILES string of the molecule is CNCCN(C)C(=O)N(CCC(=O)O)C1CC1. The molecule has 1 aliphatic carbocycles. The van der Waals surface area contributed by atoms with E-state index in [0.29, 0.717) is 13.1 Å². The summed E-state index contributed by atoms with van der Waals surface area (Å²) in [5, 5.41) is 11.6. The Morgan fingerprint density at radius 2 is 2.00 bits per heavy atom. The minimum absolute atomic E-state index is 0.0160. The first-order chi connectivity index (χ1) is 8.06. The summed E-state index contributed by atoms with van der Waals surface area (Å²) in [6, 6.07) is 0.183. The van der Waals surface area contributed by atoms with Gasteiger partial charge in [0.1, 0.15) is 0 Å². The highest BCUT2D eigenvalue weighted by Crippen LogP contribution is 2.27. The second-order valence-electron chi connectivity index (χ2n) is 4.38. The van der Waals surface area contributed by atoms with Gasteiger partial charge in [0.25, 0.3) is 0 Å². The summed E-state index contributed by atoms with van der Waals surface area (Å²) in [4.78, 5) is 25.9. The third-order valence-electron chi connectivity index (χ3n) is 2.82. The molecule has 0 aliphatic heterocycles. The quantitative estimate of drug-likeness (QED) is 0.670. The minimum atomic E-state index is -0.860. The van der Waals surface area contributed by atoms with E-state index in [-0.39, 0.29) is 18.5 Å². The Balaban J connectivity index is 2.45. The van der Waals surface area contributed by atoms with E-state index in [1.54, 1.807) is 16.8 Å². The summed E-state index contributed by atoms with van der Waals surface area (Å²) in [5.74, 6) is -0.860. The number of carbonyl (C=O) groups is 2. The third kappa shape index (κ3) is 4.60. The van der Waals surface area contributed by atoms with Gasteiger partial charge in [-0.15, -0.1) is 0 Å². The van der Waals surface area contributed by atoms with Gasteiger partial charge in [-0.2, -0.15) is 0 Å². The molecule has 1 saturated carbocycles. The molecule has 6 nitrogen and oxygen atoms in total. The largest absolute Gasteiger partial charge is 0.481 e. The topological polar surface area (TPSA) is 72.9 Å². The van der Waals surface area contributed by atoms with Crippen molar-refractivity contribution in [2.24, 2.45) is 0 Å². The van der Waals surface area contributed by atoms with Gasteiger partial charge in [-0.3, -0.25) is 4.79 Å². The highest BCUT2D eigenvalue weighted by Gasteiger charge is 2.33. The van der Waals surface area contributed by atoms with Gasteiger partial charge in [0.15, 0.2) is 0 Å². The molecular formula is C11H21N3O3. The average molecular weight is 243 g/mol. The number of carbonyl (C=O) groups excluding carboxylic acids is 1. The Hall–Kier alpha value is -1.30. The van der Waals surface area contributed by atoms with Crippen LogP contribution in [0.1, 0.15) is 19.3 Å². The van der Waals surface area contributed by atoms with Crippen LogP contribution in [0, 0.1) is 0 Å². The zero-order valence-corrected chi connectivity index (χ0v) is 10.5. The number of carboxylic acid groups (broad SMARTS) is 1.